The van der Waals surface area contributed by atoms with E-state index in [1.807, 2.05) is 18.2 Å². The summed E-state index contributed by atoms with van der Waals surface area (Å²) in [5, 5.41) is 16.7. The Bertz CT molecular complexity index is 2900. The van der Waals surface area contributed by atoms with Crippen LogP contribution in [0.25, 0.3) is 16.6 Å². The number of thiol groups is 1. The zero-order valence-corrected chi connectivity index (χ0v) is 40.9. The van der Waals surface area contributed by atoms with Gasteiger partial charge in [-0.1, -0.05) is 60.2 Å². The molecule has 2 fully saturated rings. The lowest BCUT2D eigenvalue weighted by Gasteiger charge is -2.39. The van der Waals surface area contributed by atoms with Gasteiger partial charge in [-0.2, -0.15) is 4.36 Å². The summed E-state index contributed by atoms with van der Waals surface area (Å²) in [4.78, 5) is 51.1. The fraction of sp³-hybridized carbons (Fsp3) is 0.396. The molecule has 8 rings (SSSR count). The van der Waals surface area contributed by atoms with Crippen LogP contribution in [0.1, 0.15) is 62.4 Å². The van der Waals surface area contributed by atoms with E-state index in [4.69, 9.17) is 16.3 Å². The van der Waals surface area contributed by atoms with E-state index in [0.29, 0.717) is 55.6 Å². The highest BCUT2D eigenvalue weighted by Gasteiger charge is 2.31. The molecule has 1 aliphatic carbocycles. The van der Waals surface area contributed by atoms with Crippen molar-refractivity contribution in [1.82, 2.24) is 24.5 Å². The second-order valence-electron chi connectivity index (χ2n) is 18.4. The highest BCUT2D eigenvalue weighted by Crippen LogP contribution is 2.43. The van der Waals surface area contributed by atoms with Crippen LogP contribution in [0.4, 0.5) is 17.1 Å². The number of H-pyrrole nitrogens is 1. The fourth-order valence-electron chi connectivity index (χ4n) is 8.97. The number of aromatic amines is 1. The van der Waals surface area contributed by atoms with Crippen molar-refractivity contribution in [3.8, 4) is 11.5 Å². The number of hydrogen-bond acceptors (Lipinski definition) is 12. The fourth-order valence-corrected chi connectivity index (χ4v) is 12.3. The minimum absolute atomic E-state index is 0.0660. The van der Waals surface area contributed by atoms with Crippen molar-refractivity contribution in [3.05, 3.63) is 117 Å². The van der Waals surface area contributed by atoms with Gasteiger partial charge < -0.3 is 24.5 Å². The minimum atomic E-state index is -4.62. The highest BCUT2D eigenvalue weighted by molar-refractivity contribution is 8.00. The Kier molecular flexibility index (Phi) is 14.7. The second-order valence-corrected chi connectivity index (χ2v) is 23.3. The van der Waals surface area contributed by atoms with Crippen molar-refractivity contribution in [3.63, 3.8) is 0 Å². The van der Waals surface area contributed by atoms with Crippen molar-refractivity contribution >= 4 is 77.2 Å². The summed E-state index contributed by atoms with van der Waals surface area (Å²) in [6.45, 7) is 12.0. The lowest BCUT2D eigenvalue weighted by atomic mass is 9.72. The number of nitrogens with one attached hydrogen (secondary N) is 3. The molecule has 0 atom stereocenters. The van der Waals surface area contributed by atoms with Crippen LogP contribution >= 0.6 is 11.6 Å². The maximum absolute atomic E-state index is 14.0. The molecule has 0 saturated carbocycles. The molecule has 0 unspecified atom stereocenters. The molecular formula is C48H58ClN9O8S2. The molecule has 3 aliphatic rings. The number of fused-ring (bicyclic) bond motifs is 1. The number of halogens is 1. The van der Waals surface area contributed by atoms with E-state index in [1.165, 1.54) is 41.1 Å². The Morgan fingerprint density at radius 1 is 1.00 bits per heavy atom. The van der Waals surface area contributed by atoms with Crippen LogP contribution in [0.15, 0.2) is 100 Å². The van der Waals surface area contributed by atoms with Gasteiger partial charge >= 0.3 is 0 Å². The van der Waals surface area contributed by atoms with Gasteiger partial charge in [-0.3, -0.25) is 29.5 Å². The minimum Gasteiger partial charge on any atom is -0.455 e. The van der Waals surface area contributed by atoms with Crippen LogP contribution in [-0.4, -0.2) is 120 Å². The van der Waals surface area contributed by atoms with E-state index in [0.717, 1.165) is 61.1 Å². The van der Waals surface area contributed by atoms with Crippen LogP contribution in [-0.2, 0) is 24.9 Å². The predicted molar refractivity (Wildman–Crippen MR) is 269 cm³/mol. The van der Waals surface area contributed by atoms with Crippen molar-refractivity contribution in [2.75, 3.05) is 80.6 Å². The van der Waals surface area contributed by atoms with Crippen molar-refractivity contribution in [2.45, 2.75) is 51.3 Å². The van der Waals surface area contributed by atoms with Crippen molar-refractivity contribution in [2.24, 2.45) is 9.78 Å². The molecule has 0 spiro atoms. The van der Waals surface area contributed by atoms with Gasteiger partial charge in [0.2, 0.25) is 0 Å². The van der Waals surface area contributed by atoms with Crippen LogP contribution in [0, 0.1) is 15.5 Å². The molecule has 4 N–H and O–H groups in total. The molecule has 20 heteroatoms. The number of rotatable bonds is 15. The topological polar surface area (TPSA) is 216 Å². The number of piperazine rings is 1. The van der Waals surface area contributed by atoms with Crippen LogP contribution < -0.4 is 19.7 Å². The number of nitro benzene ring substituents is 1. The quantitative estimate of drug-likeness (QED) is 0.0382. The van der Waals surface area contributed by atoms with Gasteiger partial charge in [-0.15, -0.1) is 0 Å². The van der Waals surface area contributed by atoms with E-state index in [-0.39, 0.29) is 41.3 Å². The summed E-state index contributed by atoms with van der Waals surface area (Å²) in [7, 11) is -7.29. The molecular weight excluding hydrogens is 930 g/mol. The van der Waals surface area contributed by atoms with E-state index in [1.54, 1.807) is 31.3 Å². The van der Waals surface area contributed by atoms with Crippen LogP contribution in [0.5, 0.6) is 11.5 Å². The SMILES string of the molecule is CCC(=O)N=[SH]1(O)CCN(CCNc2ccc(S(=O)(=O)NC(=O)c3ccc(N4CCN(CC5=C(c6ccc(Cl)cc6)CC(C)(C)CC5)CC4)cc3Oc3cnc4[nH]ccc4c3)cc2[N+](=O)[O-])CC1. The number of amides is 2. The standard InChI is InChI=1S/C48H58ClN9O8S2/c1-4-45(59)53-67(63)25-23-55(24-26-67)18-17-50-42-12-10-39(29-43(42)58(61)62)68(64,65)54-47(60)40-11-9-37(28-44(40)66-38-27-34-14-16-51-46(34)52-31-38)57-21-19-56(20-22-57)32-35-13-15-48(2,3)30-41(35)33-5-7-36(49)8-6-33/h5-12,14,16,27-29,31,50,67H,4,13,15,17-26,30,32H2,1-3H3,(H,51,52)(H,54,60)(H,53,59,63). The normalized spacial score (nSPS) is 18.2. The number of pyridine rings is 1. The Labute approximate surface area is 402 Å². The lowest BCUT2D eigenvalue weighted by Crippen LogP contribution is -2.47. The second kappa shape index (κ2) is 20.5. The monoisotopic (exact) mass is 987 g/mol. The first-order chi connectivity index (χ1) is 32.5. The van der Waals surface area contributed by atoms with Crippen LogP contribution in [0.3, 0.4) is 0 Å². The van der Waals surface area contributed by atoms with E-state index >= 15 is 0 Å². The molecule has 68 heavy (non-hydrogen) atoms. The summed E-state index contributed by atoms with van der Waals surface area (Å²) < 4.78 is 50.8. The Morgan fingerprint density at radius 3 is 2.47 bits per heavy atom. The van der Waals surface area contributed by atoms with Gasteiger partial charge in [0.1, 0.15) is 22.8 Å². The zero-order valence-electron chi connectivity index (χ0n) is 38.4. The highest BCUT2D eigenvalue weighted by atomic mass is 35.5. The number of nitro groups is 1. The molecule has 4 heterocycles. The third-order valence-electron chi connectivity index (χ3n) is 12.9. The number of carbonyl (C=O) groups excluding carboxylic acids is 2. The number of carbonyl (C=O) groups is 2. The average Bonchev–Trinajstić information content (AvgIpc) is 3.79. The first-order valence-corrected chi connectivity index (χ1v) is 26.8. The zero-order chi connectivity index (χ0) is 48.2. The molecule has 2 aliphatic heterocycles. The van der Waals surface area contributed by atoms with Gasteiger partial charge in [0, 0.05) is 111 Å². The molecule has 5 aromatic rings. The average molecular weight is 989 g/mol. The third kappa shape index (κ3) is 11.8. The maximum atomic E-state index is 14.0. The van der Waals surface area contributed by atoms with Crippen LogP contribution in [0.2, 0.25) is 5.02 Å². The smallest absolute Gasteiger partial charge is 0.293 e. The Balaban J connectivity index is 0.959. The van der Waals surface area contributed by atoms with Gasteiger partial charge in [0.15, 0.2) is 0 Å². The molecule has 17 nitrogen and oxygen atoms in total. The first kappa shape index (κ1) is 48.7. The number of benzene rings is 3. The molecule has 362 valence electrons. The first-order valence-electron chi connectivity index (χ1n) is 22.8. The summed E-state index contributed by atoms with van der Waals surface area (Å²) in [5.74, 6) is -0.0833. The number of aromatic nitrogens is 2. The summed E-state index contributed by atoms with van der Waals surface area (Å²) in [6, 6.07) is 20.2. The van der Waals surface area contributed by atoms with Gasteiger partial charge in [-0.25, -0.2) is 18.1 Å². The van der Waals surface area contributed by atoms with E-state index in [2.05, 4.69) is 65.0 Å². The molecule has 2 aromatic heterocycles. The summed E-state index contributed by atoms with van der Waals surface area (Å²) in [6.07, 6.45) is 6.66. The van der Waals surface area contributed by atoms with Gasteiger partial charge in [0.25, 0.3) is 27.5 Å². The summed E-state index contributed by atoms with van der Waals surface area (Å²) in [5.41, 5.74) is 5.27. The van der Waals surface area contributed by atoms with Gasteiger partial charge in [-0.05, 0) is 84.3 Å². The number of nitrogens with zero attached hydrogens (tertiary/aromatic N) is 6. The lowest BCUT2D eigenvalue weighted by molar-refractivity contribution is -0.384. The molecule has 3 aromatic carbocycles. The van der Waals surface area contributed by atoms with E-state index in [9.17, 15) is 32.7 Å². The largest absolute Gasteiger partial charge is 0.455 e. The maximum Gasteiger partial charge on any atom is 0.293 e. The Hall–Kier alpha value is -5.70. The van der Waals surface area contributed by atoms with E-state index < -0.39 is 41.5 Å². The number of hydrogen-bond donors (Lipinski definition) is 5. The number of sulfonamides is 1. The predicted octanol–water partition coefficient (Wildman–Crippen LogP) is 8.03. The number of anilines is 2. The molecule has 2 amide bonds. The summed E-state index contributed by atoms with van der Waals surface area (Å²) >= 11 is 6.25. The molecule has 0 radical (unpaired) electrons. The third-order valence-corrected chi connectivity index (χ3v) is 16.9. The number of ether oxygens (including phenoxy) is 1. The number of allylic oxidation sites excluding steroid dienone is 1. The Morgan fingerprint density at radius 2 is 1.75 bits per heavy atom. The van der Waals surface area contributed by atoms with Crippen molar-refractivity contribution in [1.29, 1.82) is 0 Å². The van der Waals surface area contributed by atoms with Crippen molar-refractivity contribution < 1.29 is 32.2 Å². The molecule has 0 bridgehead atoms. The molecule has 2 saturated heterocycles. The van der Waals surface area contributed by atoms with Gasteiger partial charge in [0.05, 0.1) is 21.6 Å².